The molecule has 0 saturated carbocycles. The Bertz CT molecular complexity index is 604. The summed E-state index contributed by atoms with van der Waals surface area (Å²) >= 11 is 9.60. The molecule has 0 nitrogen and oxygen atoms in total. The Balaban J connectivity index is 2.35. The highest BCUT2D eigenvalue weighted by Gasteiger charge is 2.29. The van der Waals surface area contributed by atoms with E-state index in [1.165, 1.54) is 12.1 Å². The van der Waals surface area contributed by atoms with Crippen LogP contribution in [0, 0.1) is 0 Å². The number of hydrogen-bond donors (Lipinski definition) is 0. The maximum atomic E-state index is 12.5. The maximum absolute atomic E-state index is 12.5. The van der Waals surface area contributed by atoms with Crippen molar-refractivity contribution in [2.75, 3.05) is 0 Å². The number of rotatable bonds is 2. The second-order valence-electron chi connectivity index (χ2n) is 4.43. The van der Waals surface area contributed by atoms with Crippen molar-refractivity contribution in [2.45, 2.75) is 17.9 Å². The van der Waals surface area contributed by atoms with Gasteiger partial charge in [0.2, 0.25) is 0 Å². The Morgan fingerprint density at radius 1 is 1.00 bits per heavy atom. The average Bonchev–Trinajstić information content (AvgIpc) is 2.37. The minimum absolute atomic E-state index is 0.122. The second-order valence-corrected chi connectivity index (χ2v) is 6.21. The van der Waals surface area contributed by atoms with E-state index in [0.29, 0.717) is 10.6 Å². The lowest BCUT2D eigenvalue weighted by atomic mass is 10.0. The van der Waals surface area contributed by atoms with Gasteiger partial charge >= 0.3 is 6.18 Å². The van der Waals surface area contributed by atoms with E-state index in [0.717, 1.165) is 23.3 Å². The molecule has 2 aromatic rings. The first-order valence-corrected chi connectivity index (χ1v) is 7.19. The molecule has 20 heavy (non-hydrogen) atoms. The Hall–Kier alpha value is -1.00. The van der Waals surface area contributed by atoms with Crippen molar-refractivity contribution in [2.24, 2.45) is 0 Å². The highest BCUT2D eigenvalue weighted by atomic mass is 79.9. The first-order chi connectivity index (χ1) is 9.29. The van der Waals surface area contributed by atoms with E-state index < -0.39 is 11.7 Å². The third-order valence-corrected chi connectivity index (χ3v) is 3.80. The first-order valence-electron chi connectivity index (χ1n) is 5.90. The predicted octanol–water partition coefficient (Wildman–Crippen LogP) is 6.48. The van der Waals surface area contributed by atoms with Crippen LogP contribution in [0.25, 0.3) is 11.1 Å². The van der Waals surface area contributed by atoms with E-state index in [2.05, 4.69) is 15.9 Å². The van der Waals surface area contributed by atoms with Gasteiger partial charge in [-0.1, -0.05) is 51.8 Å². The van der Waals surface area contributed by atoms with Gasteiger partial charge in [0.1, 0.15) is 0 Å². The largest absolute Gasteiger partial charge is 0.416 e. The zero-order valence-electron chi connectivity index (χ0n) is 10.5. The van der Waals surface area contributed by atoms with Gasteiger partial charge in [0, 0.05) is 9.85 Å². The van der Waals surface area contributed by atoms with Crippen LogP contribution in [-0.4, -0.2) is 0 Å². The van der Waals surface area contributed by atoms with Crippen LogP contribution in [0.5, 0.6) is 0 Å². The molecule has 0 aliphatic rings. The summed E-state index contributed by atoms with van der Waals surface area (Å²) in [5.74, 6) is 0. The smallest absolute Gasteiger partial charge is 0.166 e. The molecule has 0 saturated heterocycles. The molecule has 0 aliphatic heterocycles. The molecule has 0 aliphatic carbocycles. The van der Waals surface area contributed by atoms with Gasteiger partial charge in [-0.05, 0) is 41.8 Å². The Morgan fingerprint density at radius 2 is 1.55 bits per heavy atom. The van der Waals surface area contributed by atoms with Gasteiger partial charge in [-0.3, -0.25) is 0 Å². The van der Waals surface area contributed by atoms with Gasteiger partial charge in [-0.2, -0.15) is 13.2 Å². The van der Waals surface area contributed by atoms with E-state index in [1.54, 1.807) is 6.07 Å². The zero-order chi connectivity index (χ0) is 14.9. The van der Waals surface area contributed by atoms with Gasteiger partial charge in [-0.15, -0.1) is 0 Å². The predicted molar refractivity (Wildman–Crippen MR) is 79.2 cm³/mol. The fourth-order valence-electron chi connectivity index (χ4n) is 1.88. The monoisotopic (exact) mass is 362 g/mol. The summed E-state index contributed by atoms with van der Waals surface area (Å²) in [5.41, 5.74) is 1.79. The average molecular weight is 364 g/mol. The minimum Gasteiger partial charge on any atom is -0.166 e. The summed E-state index contributed by atoms with van der Waals surface area (Å²) in [6.07, 6.45) is -4.31. The van der Waals surface area contributed by atoms with Gasteiger partial charge in [0.15, 0.2) is 0 Å². The van der Waals surface area contributed by atoms with E-state index >= 15 is 0 Å². The number of halogens is 5. The van der Waals surface area contributed by atoms with Crippen molar-refractivity contribution in [3.8, 4) is 11.1 Å². The standard InChI is InChI=1S/C15H11BrClF3/c1-9(16)13-7-4-11(8-14(13)17)10-2-5-12(6-3-10)15(18,19)20/h2-9H,1H3. The van der Waals surface area contributed by atoms with Crippen molar-refractivity contribution in [3.63, 3.8) is 0 Å². The first kappa shape index (κ1) is 15.4. The molecule has 0 spiro atoms. The highest BCUT2D eigenvalue weighted by molar-refractivity contribution is 9.09. The molecular weight excluding hydrogens is 353 g/mol. The fraction of sp³-hybridized carbons (Fsp3) is 0.200. The minimum atomic E-state index is -4.31. The molecule has 0 amide bonds. The topological polar surface area (TPSA) is 0 Å². The molecule has 2 rings (SSSR count). The van der Waals surface area contributed by atoms with Gasteiger partial charge < -0.3 is 0 Å². The second kappa shape index (κ2) is 5.78. The van der Waals surface area contributed by atoms with Crippen LogP contribution in [0.1, 0.15) is 22.9 Å². The fourth-order valence-corrected chi connectivity index (χ4v) is 2.76. The van der Waals surface area contributed by atoms with E-state index in [9.17, 15) is 13.2 Å². The molecule has 106 valence electrons. The van der Waals surface area contributed by atoms with Crippen LogP contribution in [0.4, 0.5) is 13.2 Å². The summed E-state index contributed by atoms with van der Waals surface area (Å²) < 4.78 is 37.5. The molecule has 0 aromatic heterocycles. The Labute approximate surface area is 128 Å². The normalized spacial score (nSPS) is 13.3. The van der Waals surface area contributed by atoms with Crippen LogP contribution in [-0.2, 0) is 6.18 Å². The van der Waals surface area contributed by atoms with Crippen molar-refractivity contribution < 1.29 is 13.2 Å². The molecule has 0 bridgehead atoms. The summed E-state index contributed by atoms with van der Waals surface area (Å²) in [6, 6.07) is 10.5. The molecule has 0 radical (unpaired) electrons. The van der Waals surface area contributed by atoms with E-state index in [-0.39, 0.29) is 4.83 Å². The SMILES string of the molecule is CC(Br)c1ccc(-c2ccc(C(F)(F)F)cc2)cc1Cl. The van der Waals surface area contributed by atoms with Crippen LogP contribution in [0.3, 0.4) is 0 Å². The van der Waals surface area contributed by atoms with Crippen molar-refractivity contribution in [3.05, 3.63) is 58.6 Å². The maximum Gasteiger partial charge on any atom is 0.416 e. The van der Waals surface area contributed by atoms with Crippen LogP contribution < -0.4 is 0 Å². The molecule has 0 fully saturated rings. The Morgan fingerprint density at radius 3 is 2.00 bits per heavy atom. The summed E-state index contributed by atoms with van der Waals surface area (Å²) in [7, 11) is 0. The lowest BCUT2D eigenvalue weighted by Crippen LogP contribution is -2.03. The summed E-state index contributed by atoms with van der Waals surface area (Å²) in [6.45, 7) is 1.96. The molecule has 0 N–H and O–H groups in total. The van der Waals surface area contributed by atoms with Crippen LogP contribution in [0.15, 0.2) is 42.5 Å². The van der Waals surface area contributed by atoms with Gasteiger partial charge in [0.05, 0.1) is 5.56 Å². The Kier molecular flexibility index (Phi) is 4.45. The van der Waals surface area contributed by atoms with E-state index in [1.807, 2.05) is 19.1 Å². The van der Waals surface area contributed by atoms with Gasteiger partial charge in [-0.25, -0.2) is 0 Å². The molecular formula is C15H11BrClF3. The lowest BCUT2D eigenvalue weighted by Gasteiger charge is -2.10. The molecule has 2 aromatic carbocycles. The summed E-state index contributed by atoms with van der Waals surface area (Å²) in [4.78, 5) is 0.122. The molecule has 1 unspecified atom stereocenters. The van der Waals surface area contributed by atoms with E-state index in [4.69, 9.17) is 11.6 Å². The summed E-state index contributed by atoms with van der Waals surface area (Å²) in [5, 5.41) is 0.590. The number of benzene rings is 2. The quantitative estimate of drug-likeness (QED) is 0.536. The molecule has 1 atom stereocenters. The highest BCUT2D eigenvalue weighted by Crippen LogP contribution is 2.34. The van der Waals surface area contributed by atoms with Crippen molar-refractivity contribution >= 4 is 27.5 Å². The number of alkyl halides is 4. The van der Waals surface area contributed by atoms with Crippen molar-refractivity contribution in [1.82, 2.24) is 0 Å². The molecule has 5 heteroatoms. The zero-order valence-corrected chi connectivity index (χ0v) is 12.9. The van der Waals surface area contributed by atoms with Crippen molar-refractivity contribution in [1.29, 1.82) is 0 Å². The van der Waals surface area contributed by atoms with Gasteiger partial charge in [0.25, 0.3) is 0 Å². The van der Waals surface area contributed by atoms with Crippen LogP contribution in [0.2, 0.25) is 5.02 Å². The van der Waals surface area contributed by atoms with Crippen LogP contribution >= 0.6 is 27.5 Å². The third kappa shape index (κ3) is 3.36. The molecule has 0 heterocycles. The third-order valence-electron chi connectivity index (χ3n) is 2.97. The number of hydrogen-bond acceptors (Lipinski definition) is 0. The lowest BCUT2D eigenvalue weighted by molar-refractivity contribution is -0.137.